The molecule has 2 aliphatic rings. The number of rotatable bonds is 6. The number of hydrogen-bond donors (Lipinski definition) is 1. The van der Waals surface area contributed by atoms with Crippen molar-refractivity contribution < 1.29 is 9.59 Å². The Hall–Kier alpha value is -2.96. The highest BCUT2D eigenvalue weighted by molar-refractivity contribution is 7.10. The van der Waals surface area contributed by atoms with Gasteiger partial charge in [-0.3, -0.25) is 14.5 Å². The Morgan fingerprint density at radius 3 is 2.67 bits per heavy atom. The molecule has 33 heavy (non-hydrogen) atoms. The van der Waals surface area contributed by atoms with Gasteiger partial charge in [0.25, 0.3) is 5.91 Å². The molecule has 2 atom stereocenters. The van der Waals surface area contributed by atoms with E-state index in [9.17, 15) is 9.59 Å². The van der Waals surface area contributed by atoms with Crippen LogP contribution >= 0.6 is 11.3 Å². The largest absolute Gasteiger partial charge is 0.355 e. The molecule has 1 aromatic heterocycles. The van der Waals surface area contributed by atoms with Crippen LogP contribution in [0.1, 0.15) is 50.3 Å². The van der Waals surface area contributed by atoms with Gasteiger partial charge >= 0.3 is 0 Å². The summed E-state index contributed by atoms with van der Waals surface area (Å²) >= 11 is 1.59. The molecular formula is C27H29N3O2S. The van der Waals surface area contributed by atoms with Crippen molar-refractivity contribution in [1.29, 1.82) is 0 Å². The number of fused-ring (bicyclic) bond motifs is 2. The van der Waals surface area contributed by atoms with E-state index in [0.717, 1.165) is 42.9 Å². The summed E-state index contributed by atoms with van der Waals surface area (Å²) in [7, 11) is 1.80. The normalized spacial score (nSPS) is 20.3. The van der Waals surface area contributed by atoms with Crippen molar-refractivity contribution in [1.82, 2.24) is 15.1 Å². The van der Waals surface area contributed by atoms with E-state index in [1.54, 1.807) is 23.3 Å². The summed E-state index contributed by atoms with van der Waals surface area (Å²) in [6, 6.07) is 19.9. The number of likely N-dealkylation sites (N-methyl/N-ethyl adjacent to an activating group) is 1. The van der Waals surface area contributed by atoms with Gasteiger partial charge in [-0.2, -0.15) is 0 Å². The van der Waals surface area contributed by atoms with Crippen LogP contribution in [0.25, 0.3) is 0 Å². The SMILES string of the molecule is CN1C(=O)c2ccccc2[C@@H](C(=O)NCCCN2CCc3ccccc3C2)[C@@H]1c1cccs1. The second kappa shape index (κ2) is 9.49. The number of benzene rings is 2. The van der Waals surface area contributed by atoms with Crippen molar-refractivity contribution in [2.24, 2.45) is 0 Å². The summed E-state index contributed by atoms with van der Waals surface area (Å²) in [4.78, 5) is 31.7. The van der Waals surface area contributed by atoms with Crippen LogP contribution in [0.2, 0.25) is 0 Å². The Morgan fingerprint density at radius 1 is 1.06 bits per heavy atom. The van der Waals surface area contributed by atoms with Gasteiger partial charge in [-0.1, -0.05) is 48.5 Å². The predicted molar refractivity (Wildman–Crippen MR) is 131 cm³/mol. The van der Waals surface area contributed by atoms with E-state index < -0.39 is 5.92 Å². The number of carbonyl (C=O) groups excluding carboxylic acids is 2. The molecule has 0 saturated heterocycles. The van der Waals surface area contributed by atoms with Crippen molar-refractivity contribution in [3.63, 3.8) is 0 Å². The molecule has 1 N–H and O–H groups in total. The van der Waals surface area contributed by atoms with Gasteiger partial charge in [0.1, 0.15) is 0 Å². The van der Waals surface area contributed by atoms with Gasteiger partial charge in [-0.25, -0.2) is 0 Å². The molecule has 0 radical (unpaired) electrons. The zero-order valence-electron chi connectivity index (χ0n) is 18.9. The molecule has 170 valence electrons. The molecule has 0 aliphatic carbocycles. The van der Waals surface area contributed by atoms with Gasteiger partial charge in [0, 0.05) is 43.7 Å². The fourth-order valence-electron chi connectivity index (χ4n) is 5.14. The number of amides is 2. The van der Waals surface area contributed by atoms with Gasteiger partial charge in [0.05, 0.1) is 12.0 Å². The minimum atomic E-state index is -0.413. The lowest BCUT2D eigenvalue weighted by atomic mass is 9.81. The Kier molecular flexibility index (Phi) is 6.29. The third kappa shape index (κ3) is 4.33. The van der Waals surface area contributed by atoms with Crippen molar-refractivity contribution >= 4 is 23.2 Å². The van der Waals surface area contributed by atoms with Crippen LogP contribution in [0, 0.1) is 0 Å². The molecule has 2 aromatic carbocycles. The van der Waals surface area contributed by atoms with E-state index in [4.69, 9.17) is 0 Å². The third-order valence-corrected chi connectivity index (χ3v) is 7.80. The Labute approximate surface area is 199 Å². The number of carbonyl (C=O) groups is 2. The van der Waals surface area contributed by atoms with E-state index in [2.05, 4.69) is 34.5 Å². The fraction of sp³-hybridized carbons (Fsp3) is 0.333. The number of hydrogen-bond acceptors (Lipinski definition) is 4. The standard InChI is InChI=1S/C27H29N3O2S/c1-29-25(23-12-6-17-33-23)24(21-10-4-5-11-22(21)27(29)32)26(31)28-14-7-15-30-16-13-19-8-2-3-9-20(19)18-30/h2-6,8-12,17,24-25H,7,13-16,18H2,1H3,(H,28,31)/t24-,25+/m1/s1. The van der Waals surface area contributed by atoms with Crippen LogP contribution in [-0.4, -0.2) is 48.3 Å². The van der Waals surface area contributed by atoms with Crippen molar-refractivity contribution in [2.75, 3.05) is 26.7 Å². The van der Waals surface area contributed by atoms with Crippen LogP contribution in [0.15, 0.2) is 66.0 Å². The average molecular weight is 460 g/mol. The average Bonchev–Trinajstić information content (AvgIpc) is 3.38. The van der Waals surface area contributed by atoms with Crippen molar-refractivity contribution in [2.45, 2.75) is 31.3 Å². The zero-order chi connectivity index (χ0) is 22.8. The maximum atomic E-state index is 13.5. The maximum Gasteiger partial charge on any atom is 0.254 e. The molecule has 0 spiro atoms. The minimum absolute atomic E-state index is 0.0100. The van der Waals surface area contributed by atoms with Crippen LogP contribution in [0.3, 0.4) is 0 Å². The molecule has 3 heterocycles. The van der Waals surface area contributed by atoms with Crippen LogP contribution in [0.5, 0.6) is 0 Å². The summed E-state index contributed by atoms with van der Waals surface area (Å²) in [5.41, 5.74) is 4.32. The molecule has 6 heteroatoms. The second-order valence-corrected chi connectivity index (χ2v) is 9.86. The Morgan fingerprint density at radius 2 is 1.85 bits per heavy atom. The predicted octanol–water partition coefficient (Wildman–Crippen LogP) is 4.22. The summed E-state index contributed by atoms with van der Waals surface area (Å²) < 4.78 is 0. The topological polar surface area (TPSA) is 52.7 Å². The molecule has 3 aromatic rings. The van der Waals surface area contributed by atoms with E-state index in [1.165, 1.54) is 11.1 Å². The van der Waals surface area contributed by atoms with Crippen LogP contribution in [0.4, 0.5) is 0 Å². The van der Waals surface area contributed by atoms with E-state index in [0.29, 0.717) is 12.1 Å². The molecule has 5 rings (SSSR count). The van der Waals surface area contributed by atoms with Crippen LogP contribution in [-0.2, 0) is 17.8 Å². The summed E-state index contributed by atoms with van der Waals surface area (Å²) in [6.07, 6.45) is 1.99. The highest BCUT2D eigenvalue weighted by Gasteiger charge is 2.42. The lowest BCUT2D eigenvalue weighted by molar-refractivity contribution is -0.124. The first-order valence-electron chi connectivity index (χ1n) is 11.6. The molecular weight excluding hydrogens is 430 g/mol. The van der Waals surface area contributed by atoms with Crippen LogP contribution < -0.4 is 5.32 Å². The fourth-order valence-corrected chi connectivity index (χ4v) is 6.05. The first kappa shape index (κ1) is 21.9. The molecule has 0 fully saturated rings. The van der Waals surface area contributed by atoms with Gasteiger partial charge < -0.3 is 10.2 Å². The quantitative estimate of drug-likeness (QED) is 0.562. The minimum Gasteiger partial charge on any atom is -0.355 e. The number of nitrogens with zero attached hydrogens (tertiary/aromatic N) is 2. The maximum absolute atomic E-state index is 13.5. The molecule has 2 aliphatic heterocycles. The Balaban J connectivity index is 1.26. The second-order valence-electron chi connectivity index (χ2n) is 8.88. The number of nitrogens with one attached hydrogen (secondary N) is 1. The highest BCUT2D eigenvalue weighted by Crippen LogP contribution is 2.43. The highest BCUT2D eigenvalue weighted by atomic mass is 32.1. The van der Waals surface area contributed by atoms with Gasteiger partial charge in [0.15, 0.2) is 0 Å². The number of thiophene rings is 1. The van der Waals surface area contributed by atoms with Crippen molar-refractivity contribution in [3.8, 4) is 0 Å². The molecule has 0 bridgehead atoms. The smallest absolute Gasteiger partial charge is 0.254 e. The monoisotopic (exact) mass is 459 g/mol. The molecule has 2 amide bonds. The third-order valence-electron chi connectivity index (χ3n) is 6.86. The summed E-state index contributed by atoms with van der Waals surface area (Å²) in [6.45, 7) is 3.63. The molecule has 0 saturated carbocycles. The van der Waals surface area contributed by atoms with E-state index in [-0.39, 0.29) is 17.9 Å². The first-order valence-corrected chi connectivity index (χ1v) is 12.5. The Bertz CT molecular complexity index is 1140. The summed E-state index contributed by atoms with van der Waals surface area (Å²) in [5.74, 6) is -0.452. The van der Waals surface area contributed by atoms with Gasteiger partial charge in [0.2, 0.25) is 5.91 Å². The molecule has 0 unspecified atom stereocenters. The summed E-state index contributed by atoms with van der Waals surface area (Å²) in [5, 5.41) is 5.18. The first-order chi connectivity index (χ1) is 16.1. The van der Waals surface area contributed by atoms with Gasteiger partial charge in [-0.15, -0.1) is 11.3 Å². The lowest BCUT2D eigenvalue weighted by Gasteiger charge is -2.39. The van der Waals surface area contributed by atoms with E-state index >= 15 is 0 Å². The lowest BCUT2D eigenvalue weighted by Crippen LogP contribution is -2.45. The molecule has 5 nitrogen and oxygen atoms in total. The van der Waals surface area contributed by atoms with E-state index in [1.807, 2.05) is 41.8 Å². The van der Waals surface area contributed by atoms with Crippen molar-refractivity contribution in [3.05, 3.63) is 93.2 Å². The van der Waals surface area contributed by atoms with Gasteiger partial charge in [-0.05, 0) is 47.0 Å². The zero-order valence-corrected chi connectivity index (χ0v) is 19.7.